The molecule has 0 aliphatic carbocycles. The zero-order valence-corrected chi connectivity index (χ0v) is 23.1. The molecule has 2 atom stereocenters. The van der Waals surface area contributed by atoms with Crippen LogP contribution in [-0.2, 0) is 32.1 Å². The summed E-state index contributed by atoms with van der Waals surface area (Å²) in [6.07, 6.45) is 2.08. The molecule has 41 heavy (non-hydrogen) atoms. The molecule has 9 nitrogen and oxygen atoms in total. The van der Waals surface area contributed by atoms with Gasteiger partial charge in [-0.3, -0.25) is 19.2 Å². The molecule has 1 aliphatic heterocycles. The second-order valence-electron chi connectivity index (χ2n) is 10.4. The van der Waals surface area contributed by atoms with Gasteiger partial charge in [0.05, 0.1) is 0 Å². The number of fused-ring (bicyclic) bond motifs is 1. The summed E-state index contributed by atoms with van der Waals surface area (Å²) in [5.41, 5.74) is 5.70. The highest BCUT2D eigenvalue weighted by molar-refractivity contribution is 5.98. The van der Waals surface area contributed by atoms with E-state index in [4.69, 9.17) is 0 Å². The highest BCUT2D eigenvalue weighted by Crippen LogP contribution is 2.21. The molecule has 210 valence electrons. The van der Waals surface area contributed by atoms with Gasteiger partial charge in [-0.05, 0) is 47.7 Å². The van der Waals surface area contributed by atoms with E-state index in [2.05, 4.69) is 20.9 Å². The molecule has 2 heterocycles. The van der Waals surface area contributed by atoms with Crippen molar-refractivity contribution in [1.82, 2.24) is 25.8 Å². The van der Waals surface area contributed by atoms with Gasteiger partial charge >= 0.3 is 0 Å². The first kappa shape index (κ1) is 27.6. The van der Waals surface area contributed by atoms with Gasteiger partial charge in [0.1, 0.15) is 25.2 Å². The topological polar surface area (TPSA) is 123 Å². The number of carbonyl (C=O) groups is 4. The number of nitrogens with zero attached hydrogens (tertiary/aromatic N) is 1. The van der Waals surface area contributed by atoms with Crippen LogP contribution in [0.25, 0.3) is 10.9 Å². The van der Waals surface area contributed by atoms with Crippen LogP contribution >= 0.6 is 0 Å². The lowest BCUT2D eigenvalue weighted by Gasteiger charge is -2.32. The summed E-state index contributed by atoms with van der Waals surface area (Å²) in [6, 6.07) is 20.9. The number of rotatable bonds is 9. The van der Waals surface area contributed by atoms with Crippen LogP contribution in [0.1, 0.15) is 33.9 Å². The number of aryl methyl sites for hydroxylation is 2. The molecule has 2 unspecified atom stereocenters. The normalized spacial score (nSPS) is 15.9. The summed E-state index contributed by atoms with van der Waals surface area (Å²) < 4.78 is 0. The predicted molar refractivity (Wildman–Crippen MR) is 156 cm³/mol. The number of carbonyl (C=O) groups excluding carboxylic acids is 4. The largest absolute Gasteiger partial charge is 0.361 e. The standard InChI is InChI=1S/C32H33N5O4/c1-20-12-13-22(14-21(20)2)16-34-31(40)27(15-24-17-33-26-11-7-6-10-25(24)26)35-28(38)18-37-19-29(39)36-30(32(37)41)23-8-4-3-5-9-23/h3-14,17,27,30,33H,15-16,18-19H2,1-2H3,(H,34,40)(H,35,38)(H,36,39). The molecular formula is C32H33N5O4. The molecule has 4 N–H and O–H groups in total. The zero-order valence-electron chi connectivity index (χ0n) is 23.1. The van der Waals surface area contributed by atoms with Gasteiger partial charge in [-0.1, -0.05) is 66.7 Å². The van der Waals surface area contributed by atoms with Crippen molar-refractivity contribution in [2.24, 2.45) is 0 Å². The maximum Gasteiger partial charge on any atom is 0.250 e. The van der Waals surface area contributed by atoms with E-state index in [1.165, 1.54) is 10.5 Å². The van der Waals surface area contributed by atoms with Crippen molar-refractivity contribution in [3.63, 3.8) is 0 Å². The minimum atomic E-state index is -0.896. The maximum absolute atomic E-state index is 13.4. The first-order valence-corrected chi connectivity index (χ1v) is 13.6. The molecule has 0 spiro atoms. The number of amides is 4. The third-order valence-electron chi connectivity index (χ3n) is 7.45. The molecule has 9 heteroatoms. The Hall–Kier alpha value is -4.92. The van der Waals surface area contributed by atoms with E-state index in [0.29, 0.717) is 12.1 Å². The van der Waals surface area contributed by atoms with E-state index < -0.39 is 18.0 Å². The van der Waals surface area contributed by atoms with Gasteiger partial charge in [0.2, 0.25) is 17.7 Å². The quantitative estimate of drug-likeness (QED) is 0.255. The van der Waals surface area contributed by atoms with Crippen LogP contribution < -0.4 is 16.0 Å². The third kappa shape index (κ3) is 6.46. The molecule has 4 amide bonds. The number of H-pyrrole nitrogens is 1. The van der Waals surface area contributed by atoms with Crippen molar-refractivity contribution >= 4 is 34.5 Å². The predicted octanol–water partition coefficient (Wildman–Crippen LogP) is 2.83. The number of hydrogen-bond acceptors (Lipinski definition) is 4. The molecule has 5 rings (SSSR count). The molecular weight excluding hydrogens is 518 g/mol. The van der Waals surface area contributed by atoms with E-state index in [-0.39, 0.29) is 37.2 Å². The molecule has 1 fully saturated rings. The van der Waals surface area contributed by atoms with Crippen molar-refractivity contribution in [1.29, 1.82) is 0 Å². The van der Waals surface area contributed by atoms with Crippen molar-refractivity contribution in [2.75, 3.05) is 13.1 Å². The van der Waals surface area contributed by atoms with Gasteiger partial charge in [-0.15, -0.1) is 0 Å². The number of para-hydroxylation sites is 1. The number of hydrogen-bond donors (Lipinski definition) is 4. The smallest absolute Gasteiger partial charge is 0.250 e. The van der Waals surface area contributed by atoms with Gasteiger partial charge in [-0.25, -0.2) is 0 Å². The number of piperazine rings is 1. The van der Waals surface area contributed by atoms with Crippen molar-refractivity contribution in [3.05, 3.63) is 107 Å². The summed E-state index contributed by atoms with van der Waals surface area (Å²) in [4.78, 5) is 56.7. The summed E-state index contributed by atoms with van der Waals surface area (Å²) in [6.45, 7) is 3.78. The summed E-state index contributed by atoms with van der Waals surface area (Å²) in [5.74, 6) is -1.59. The lowest BCUT2D eigenvalue weighted by molar-refractivity contribution is -0.146. The average Bonchev–Trinajstić information content (AvgIpc) is 3.38. The fourth-order valence-corrected chi connectivity index (χ4v) is 5.08. The van der Waals surface area contributed by atoms with Crippen LogP contribution in [0.4, 0.5) is 0 Å². The second-order valence-corrected chi connectivity index (χ2v) is 10.4. The highest BCUT2D eigenvalue weighted by Gasteiger charge is 2.35. The molecule has 1 aliphatic rings. The summed E-state index contributed by atoms with van der Waals surface area (Å²) >= 11 is 0. The number of nitrogens with one attached hydrogen (secondary N) is 4. The van der Waals surface area contributed by atoms with Crippen LogP contribution in [0, 0.1) is 13.8 Å². The summed E-state index contributed by atoms with van der Waals surface area (Å²) in [7, 11) is 0. The Kier molecular flexibility index (Phi) is 8.14. The van der Waals surface area contributed by atoms with Crippen LogP contribution in [-0.4, -0.2) is 52.6 Å². The van der Waals surface area contributed by atoms with Crippen molar-refractivity contribution in [2.45, 2.75) is 38.9 Å². The van der Waals surface area contributed by atoms with Crippen molar-refractivity contribution in [3.8, 4) is 0 Å². The van der Waals surface area contributed by atoms with E-state index in [0.717, 1.165) is 27.6 Å². The molecule has 1 aromatic heterocycles. The maximum atomic E-state index is 13.4. The first-order valence-electron chi connectivity index (χ1n) is 13.6. The summed E-state index contributed by atoms with van der Waals surface area (Å²) in [5, 5.41) is 9.44. The molecule has 0 bridgehead atoms. The molecule has 0 radical (unpaired) electrons. The number of aromatic nitrogens is 1. The van der Waals surface area contributed by atoms with Gasteiger partial charge in [0.15, 0.2) is 0 Å². The monoisotopic (exact) mass is 551 g/mol. The first-order chi connectivity index (χ1) is 19.8. The SMILES string of the molecule is Cc1ccc(CNC(=O)C(Cc2c[nH]c3ccccc23)NC(=O)CN2CC(=O)NC(c3ccccc3)C2=O)cc1C. The Morgan fingerprint density at radius 3 is 2.51 bits per heavy atom. The molecule has 3 aromatic carbocycles. The second kappa shape index (κ2) is 12.1. The van der Waals surface area contributed by atoms with Gasteiger partial charge in [-0.2, -0.15) is 0 Å². The van der Waals surface area contributed by atoms with Gasteiger partial charge < -0.3 is 25.8 Å². The lowest BCUT2D eigenvalue weighted by Crippen LogP contribution is -2.57. The third-order valence-corrected chi connectivity index (χ3v) is 7.45. The van der Waals surface area contributed by atoms with Crippen LogP contribution in [0.2, 0.25) is 0 Å². The van der Waals surface area contributed by atoms with Crippen molar-refractivity contribution < 1.29 is 19.2 Å². The van der Waals surface area contributed by atoms with E-state index in [1.54, 1.807) is 24.3 Å². The van der Waals surface area contributed by atoms with Gasteiger partial charge in [0.25, 0.3) is 5.91 Å². The fraction of sp³-hybridized carbons (Fsp3) is 0.250. The lowest BCUT2D eigenvalue weighted by atomic mass is 10.0. The fourth-order valence-electron chi connectivity index (χ4n) is 5.08. The average molecular weight is 552 g/mol. The minimum absolute atomic E-state index is 0.234. The van der Waals surface area contributed by atoms with Gasteiger partial charge in [0, 0.05) is 30.1 Å². The van der Waals surface area contributed by atoms with Crippen LogP contribution in [0.3, 0.4) is 0 Å². The van der Waals surface area contributed by atoms with E-state index in [9.17, 15) is 19.2 Å². The van der Waals surface area contributed by atoms with E-state index in [1.807, 2.05) is 68.6 Å². The van der Waals surface area contributed by atoms with Crippen LogP contribution in [0.5, 0.6) is 0 Å². The number of aromatic amines is 1. The highest BCUT2D eigenvalue weighted by atomic mass is 16.2. The van der Waals surface area contributed by atoms with E-state index >= 15 is 0 Å². The Bertz CT molecular complexity index is 1600. The number of benzene rings is 3. The Morgan fingerprint density at radius 1 is 0.976 bits per heavy atom. The van der Waals surface area contributed by atoms with Crippen LogP contribution in [0.15, 0.2) is 79.0 Å². The minimum Gasteiger partial charge on any atom is -0.361 e. The molecule has 4 aromatic rings. The Morgan fingerprint density at radius 2 is 1.73 bits per heavy atom. The zero-order chi connectivity index (χ0) is 28.9. The molecule has 1 saturated heterocycles. The molecule has 0 saturated carbocycles. The Balaban J connectivity index is 1.31. The Labute approximate surface area is 238 Å².